The van der Waals surface area contributed by atoms with Gasteiger partial charge in [-0.2, -0.15) is 0 Å². The molecule has 1 aromatic carbocycles. The zero-order chi connectivity index (χ0) is 21.0. The fourth-order valence-electron chi connectivity index (χ4n) is 2.82. The van der Waals surface area contributed by atoms with Crippen LogP contribution in [0.15, 0.2) is 52.1 Å². The first kappa shape index (κ1) is 20.8. The van der Waals surface area contributed by atoms with Crippen molar-refractivity contribution in [1.82, 2.24) is 9.55 Å². The predicted octanol–water partition coefficient (Wildman–Crippen LogP) is 2.18. The smallest absolute Gasteiger partial charge is 0.330 e. The molecule has 0 bridgehead atoms. The number of hydrogen-bond acceptors (Lipinski definition) is 6. The molecular weight excluding hydrogens is 416 g/mol. The van der Waals surface area contributed by atoms with E-state index in [9.17, 15) is 14.4 Å². The van der Waals surface area contributed by atoms with E-state index in [0.29, 0.717) is 9.21 Å². The first-order valence-corrected chi connectivity index (χ1v) is 9.84. The van der Waals surface area contributed by atoms with Gasteiger partial charge in [0.15, 0.2) is 5.69 Å². The highest BCUT2D eigenvalue weighted by Gasteiger charge is 2.26. The van der Waals surface area contributed by atoms with Gasteiger partial charge >= 0.3 is 5.69 Å². The monoisotopic (exact) mass is 434 g/mol. The lowest BCUT2D eigenvalue weighted by molar-refractivity contribution is 0.0979. The Balaban J connectivity index is 2.09. The number of H-pyrrole nitrogens is 1. The van der Waals surface area contributed by atoms with Crippen molar-refractivity contribution in [3.63, 3.8) is 0 Å². The first-order valence-electron chi connectivity index (χ1n) is 8.65. The number of amides is 1. The molecule has 0 spiro atoms. The van der Waals surface area contributed by atoms with Crippen molar-refractivity contribution >= 4 is 40.4 Å². The molecule has 0 radical (unpaired) electrons. The number of thiophene rings is 1. The molecule has 1 amide bonds. The summed E-state index contributed by atoms with van der Waals surface area (Å²) in [4.78, 5) is 41.8. The molecular formula is C19H19ClN4O4S. The zero-order valence-corrected chi connectivity index (χ0v) is 17.1. The van der Waals surface area contributed by atoms with Crippen LogP contribution in [0.5, 0.6) is 0 Å². The van der Waals surface area contributed by atoms with Gasteiger partial charge in [-0.1, -0.05) is 41.9 Å². The number of nitrogens with two attached hydrogens (primary N) is 1. The Morgan fingerprint density at radius 2 is 1.97 bits per heavy atom. The van der Waals surface area contributed by atoms with Crippen LogP contribution in [0, 0.1) is 0 Å². The number of rotatable bonds is 7. The summed E-state index contributed by atoms with van der Waals surface area (Å²) in [5.41, 5.74) is 5.53. The van der Waals surface area contributed by atoms with Gasteiger partial charge in [0.1, 0.15) is 5.82 Å². The second-order valence-electron chi connectivity index (χ2n) is 6.12. The molecule has 0 aliphatic carbocycles. The number of aromatic amines is 1. The topological polar surface area (TPSA) is 110 Å². The Kier molecular flexibility index (Phi) is 6.53. The number of aromatic nitrogens is 2. The summed E-state index contributed by atoms with van der Waals surface area (Å²) in [5, 5.41) is 0. The van der Waals surface area contributed by atoms with E-state index in [4.69, 9.17) is 22.1 Å². The molecule has 2 aromatic heterocycles. The third-order valence-corrected chi connectivity index (χ3v) is 5.43. The van der Waals surface area contributed by atoms with Crippen LogP contribution in [0.4, 0.5) is 11.5 Å². The highest BCUT2D eigenvalue weighted by Crippen LogP contribution is 2.26. The highest BCUT2D eigenvalue weighted by atomic mass is 35.5. The Morgan fingerprint density at radius 3 is 2.59 bits per heavy atom. The summed E-state index contributed by atoms with van der Waals surface area (Å²) in [7, 11) is 1.48. The van der Waals surface area contributed by atoms with Crippen LogP contribution in [0.1, 0.15) is 15.2 Å². The molecule has 3 rings (SSSR count). The van der Waals surface area contributed by atoms with Crippen molar-refractivity contribution in [2.45, 2.75) is 6.54 Å². The van der Waals surface area contributed by atoms with E-state index in [1.54, 1.807) is 12.1 Å². The van der Waals surface area contributed by atoms with Gasteiger partial charge in [0, 0.05) is 13.7 Å². The Bertz CT molecular complexity index is 1120. The fourth-order valence-corrected chi connectivity index (χ4v) is 3.81. The molecule has 152 valence electrons. The van der Waals surface area contributed by atoms with Gasteiger partial charge in [0.05, 0.1) is 22.4 Å². The van der Waals surface area contributed by atoms with Gasteiger partial charge in [0.2, 0.25) is 0 Å². The lowest BCUT2D eigenvalue weighted by Crippen LogP contribution is -2.42. The average Bonchev–Trinajstić information content (AvgIpc) is 3.14. The number of carbonyl (C=O) groups is 1. The third-order valence-electron chi connectivity index (χ3n) is 4.22. The quantitative estimate of drug-likeness (QED) is 0.592. The number of nitrogens with zero attached hydrogens (tertiary/aromatic N) is 2. The maximum atomic E-state index is 13.0. The SMILES string of the molecule is COCCN(C(=O)c1ccc(Cl)s1)c1c(N)n(Cc2ccccc2)c(=O)[nH]c1=O. The van der Waals surface area contributed by atoms with Gasteiger partial charge in [-0.3, -0.25) is 24.0 Å². The number of carbonyl (C=O) groups excluding carboxylic acids is 1. The summed E-state index contributed by atoms with van der Waals surface area (Å²) in [6.45, 7) is 0.385. The summed E-state index contributed by atoms with van der Waals surface area (Å²) < 4.78 is 6.74. The molecule has 10 heteroatoms. The Labute approximate surface area is 175 Å². The average molecular weight is 435 g/mol. The number of halogens is 1. The lowest BCUT2D eigenvalue weighted by Gasteiger charge is -2.23. The molecule has 0 saturated heterocycles. The van der Waals surface area contributed by atoms with E-state index >= 15 is 0 Å². The highest BCUT2D eigenvalue weighted by molar-refractivity contribution is 7.18. The van der Waals surface area contributed by atoms with Crippen molar-refractivity contribution in [1.29, 1.82) is 0 Å². The number of hydrogen-bond donors (Lipinski definition) is 2. The number of ether oxygens (including phenoxy) is 1. The molecule has 3 aromatic rings. The summed E-state index contributed by atoms with van der Waals surface area (Å²) >= 11 is 7.03. The van der Waals surface area contributed by atoms with Crippen molar-refractivity contribution in [3.05, 3.63) is 78.1 Å². The van der Waals surface area contributed by atoms with Gasteiger partial charge in [0.25, 0.3) is 11.5 Å². The second kappa shape index (κ2) is 9.08. The maximum Gasteiger partial charge on any atom is 0.330 e. The summed E-state index contributed by atoms with van der Waals surface area (Å²) in [5.74, 6) is -0.559. The van der Waals surface area contributed by atoms with Crippen molar-refractivity contribution < 1.29 is 9.53 Å². The first-order chi connectivity index (χ1) is 13.9. The van der Waals surface area contributed by atoms with Crippen molar-refractivity contribution in [2.24, 2.45) is 0 Å². The number of benzene rings is 1. The van der Waals surface area contributed by atoms with Crippen LogP contribution >= 0.6 is 22.9 Å². The largest absolute Gasteiger partial charge is 0.383 e. The van der Waals surface area contributed by atoms with Crippen molar-refractivity contribution in [3.8, 4) is 0 Å². The van der Waals surface area contributed by atoms with Gasteiger partial charge in [-0.15, -0.1) is 11.3 Å². The fraction of sp³-hybridized carbons (Fsp3) is 0.211. The molecule has 0 aliphatic heterocycles. The number of nitrogen functional groups attached to an aromatic ring is 1. The predicted molar refractivity (Wildman–Crippen MR) is 114 cm³/mol. The van der Waals surface area contributed by atoms with Crippen LogP contribution in [-0.2, 0) is 11.3 Å². The Morgan fingerprint density at radius 1 is 1.24 bits per heavy atom. The third kappa shape index (κ3) is 4.58. The summed E-state index contributed by atoms with van der Waals surface area (Å²) in [6.07, 6.45) is 0. The lowest BCUT2D eigenvalue weighted by atomic mass is 10.2. The van der Waals surface area contributed by atoms with E-state index in [1.165, 1.54) is 16.6 Å². The van der Waals surface area contributed by atoms with Crippen LogP contribution in [0.25, 0.3) is 0 Å². The van der Waals surface area contributed by atoms with E-state index in [-0.39, 0.29) is 31.2 Å². The van der Waals surface area contributed by atoms with E-state index in [0.717, 1.165) is 16.9 Å². The minimum Gasteiger partial charge on any atom is -0.383 e. The number of nitrogens with one attached hydrogen (secondary N) is 1. The number of methoxy groups -OCH3 is 1. The van der Waals surface area contributed by atoms with Crippen LogP contribution in [-0.4, -0.2) is 35.7 Å². The van der Waals surface area contributed by atoms with Crippen molar-refractivity contribution in [2.75, 3.05) is 30.9 Å². The Hall–Kier alpha value is -2.88. The van der Waals surface area contributed by atoms with Gasteiger partial charge in [-0.05, 0) is 17.7 Å². The molecule has 3 N–H and O–H groups in total. The molecule has 0 fully saturated rings. The minimum atomic E-state index is -0.746. The molecule has 29 heavy (non-hydrogen) atoms. The minimum absolute atomic E-state index is 0.0711. The van der Waals surface area contributed by atoms with Crippen LogP contribution in [0.2, 0.25) is 4.34 Å². The van der Waals surface area contributed by atoms with E-state index in [2.05, 4.69) is 4.98 Å². The maximum absolute atomic E-state index is 13.0. The molecule has 8 nitrogen and oxygen atoms in total. The standard InChI is InChI=1S/C19H19ClN4O4S/c1-28-10-9-23(18(26)13-7-8-14(20)29-13)15-16(21)24(19(27)22-17(15)25)11-12-5-3-2-4-6-12/h2-8H,9-11,21H2,1H3,(H,22,25,27). The van der Waals surface area contributed by atoms with Gasteiger partial charge in [-0.25, -0.2) is 4.79 Å². The molecule has 0 saturated carbocycles. The normalized spacial score (nSPS) is 10.8. The molecule has 0 unspecified atom stereocenters. The molecule has 2 heterocycles. The van der Waals surface area contributed by atoms with Gasteiger partial charge < -0.3 is 10.5 Å². The van der Waals surface area contributed by atoms with E-state index < -0.39 is 17.2 Å². The number of anilines is 2. The van der Waals surface area contributed by atoms with Crippen LogP contribution in [0.3, 0.4) is 0 Å². The zero-order valence-electron chi connectivity index (χ0n) is 15.6. The summed E-state index contributed by atoms with van der Waals surface area (Å²) in [6, 6.07) is 12.3. The van der Waals surface area contributed by atoms with Crippen LogP contribution < -0.4 is 21.9 Å². The molecule has 0 aliphatic rings. The second-order valence-corrected chi connectivity index (χ2v) is 7.83. The van der Waals surface area contributed by atoms with E-state index in [1.807, 2.05) is 30.3 Å². The molecule has 0 atom stereocenters.